The number of hydrogen-bond donors (Lipinski definition) is 1. The molecule has 0 unspecified atom stereocenters. The Labute approximate surface area is 207 Å². The molecule has 5 rings (SSSR count). The number of aldehydes is 1. The minimum Gasteiger partial charge on any atom is -0.336 e. The van der Waals surface area contributed by atoms with E-state index < -0.39 is 0 Å². The Hall–Kier alpha value is -4.60. The Balaban J connectivity index is 1.55. The monoisotopic (exact) mass is 482 g/mol. The molecule has 36 heavy (non-hydrogen) atoms. The van der Waals surface area contributed by atoms with Gasteiger partial charge in [0.2, 0.25) is 5.82 Å². The topological polar surface area (TPSA) is 116 Å². The minimum absolute atomic E-state index is 0.187. The van der Waals surface area contributed by atoms with Crippen molar-refractivity contribution in [2.24, 2.45) is 7.05 Å². The largest absolute Gasteiger partial charge is 0.336 e. The Morgan fingerprint density at radius 2 is 1.89 bits per heavy atom. The number of unbranched alkanes of at least 4 members (excludes halogenated alkanes) is 1. The third-order valence-electron chi connectivity index (χ3n) is 6.30. The van der Waals surface area contributed by atoms with Crippen molar-refractivity contribution in [1.82, 2.24) is 39.3 Å². The first-order chi connectivity index (χ1) is 17.6. The average Bonchev–Trinajstić information content (AvgIpc) is 3.64. The SMILES string of the molecule is CCCCc1cn(-c2c(C=O)ccn2C)c(=O)n1Cc1cnccc1-c1ccc(-c2nn[nH]n2)cc1. The Morgan fingerprint density at radius 1 is 1.08 bits per heavy atom. The maximum absolute atomic E-state index is 13.7. The highest BCUT2D eigenvalue weighted by Gasteiger charge is 2.18. The molecule has 0 aliphatic carbocycles. The number of nitrogens with one attached hydrogen (secondary N) is 1. The maximum Gasteiger partial charge on any atom is 0.334 e. The molecule has 0 aliphatic heterocycles. The van der Waals surface area contributed by atoms with Crippen molar-refractivity contribution in [1.29, 1.82) is 0 Å². The van der Waals surface area contributed by atoms with Crippen molar-refractivity contribution in [2.45, 2.75) is 32.7 Å². The van der Waals surface area contributed by atoms with Gasteiger partial charge in [-0.05, 0) is 46.9 Å². The van der Waals surface area contributed by atoms with Crippen molar-refractivity contribution in [3.05, 3.63) is 88.5 Å². The fourth-order valence-electron chi connectivity index (χ4n) is 4.44. The third-order valence-corrected chi connectivity index (χ3v) is 6.30. The second-order valence-electron chi connectivity index (χ2n) is 8.63. The van der Waals surface area contributed by atoms with E-state index >= 15 is 0 Å². The molecule has 0 saturated heterocycles. The number of nitrogens with zero attached hydrogens (tertiary/aromatic N) is 7. The number of carbonyl (C=O) groups is 1. The number of hydrogen-bond acceptors (Lipinski definition) is 6. The zero-order valence-corrected chi connectivity index (χ0v) is 20.1. The lowest BCUT2D eigenvalue weighted by molar-refractivity contribution is 0.112. The van der Waals surface area contributed by atoms with E-state index in [9.17, 15) is 9.59 Å². The van der Waals surface area contributed by atoms with Crippen LogP contribution in [0.3, 0.4) is 0 Å². The lowest BCUT2D eigenvalue weighted by atomic mass is 10.00. The number of aryl methyl sites for hydroxylation is 2. The first-order valence-electron chi connectivity index (χ1n) is 11.8. The van der Waals surface area contributed by atoms with Crippen LogP contribution >= 0.6 is 0 Å². The molecule has 4 heterocycles. The van der Waals surface area contributed by atoms with Crippen LogP contribution in [0.4, 0.5) is 0 Å². The molecule has 4 aromatic heterocycles. The van der Waals surface area contributed by atoms with Gasteiger partial charge in [-0.1, -0.05) is 37.6 Å². The van der Waals surface area contributed by atoms with Crippen LogP contribution in [-0.4, -0.2) is 45.6 Å². The highest BCUT2D eigenvalue weighted by molar-refractivity contribution is 5.80. The Kier molecular flexibility index (Phi) is 6.40. The molecule has 0 atom stereocenters. The highest BCUT2D eigenvalue weighted by Crippen LogP contribution is 2.26. The van der Waals surface area contributed by atoms with E-state index in [2.05, 4.69) is 32.5 Å². The van der Waals surface area contributed by atoms with Gasteiger partial charge in [-0.15, -0.1) is 10.2 Å². The van der Waals surface area contributed by atoms with E-state index in [1.165, 1.54) is 0 Å². The molecule has 182 valence electrons. The fraction of sp³-hybridized carbons (Fsp3) is 0.231. The van der Waals surface area contributed by atoms with Crippen LogP contribution in [0.5, 0.6) is 0 Å². The normalized spacial score (nSPS) is 11.2. The molecule has 10 heteroatoms. The number of H-pyrrole nitrogens is 1. The van der Waals surface area contributed by atoms with Crippen LogP contribution in [0.25, 0.3) is 28.3 Å². The molecule has 1 N–H and O–H groups in total. The van der Waals surface area contributed by atoms with Gasteiger partial charge >= 0.3 is 5.69 Å². The minimum atomic E-state index is -0.187. The summed E-state index contributed by atoms with van der Waals surface area (Å²) in [6.45, 7) is 2.49. The second-order valence-corrected chi connectivity index (χ2v) is 8.63. The van der Waals surface area contributed by atoms with E-state index in [4.69, 9.17) is 0 Å². The van der Waals surface area contributed by atoms with Gasteiger partial charge in [0.1, 0.15) is 5.82 Å². The standard InChI is InChI=1S/C26H26N8O2/c1-3-4-5-22-16-34(25-20(17-35)11-13-32(25)2)26(36)33(22)15-21-14-27-12-10-23(21)18-6-8-19(9-7-18)24-28-30-31-29-24/h6-14,16-17H,3-5,15H2,1-2H3,(H,28,29,30,31). The molecule has 0 saturated carbocycles. The molecular formula is C26H26N8O2. The number of aromatic amines is 1. The lowest BCUT2D eigenvalue weighted by Crippen LogP contribution is -2.26. The van der Waals surface area contributed by atoms with E-state index in [0.29, 0.717) is 23.8 Å². The van der Waals surface area contributed by atoms with Crippen LogP contribution in [0.15, 0.2) is 66.0 Å². The van der Waals surface area contributed by atoms with Gasteiger partial charge in [0, 0.05) is 43.1 Å². The molecule has 0 fully saturated rings. The average molecular weight is 483 g/mol. The summed E-state index contributed by atoms with van der Waals surface area (Å²) in [5.74, 6) is 1.09. The molecule has 5 aromatic rings. The van der Waals surface area contributed by atoms with Crippen LogP contribution in [-0.2, 0) is 20.0 Å². The van der Waals surface area contributed by atoms with Crippen molar-refractivity contribution < 1.29 is 4.79 Å². The highest BCUT2D eigenvalue weighted by atomic mass is 16.2. The molecule has 0 spiro atoms. The van der Waals surface area contributed by atoms with Crippen molar-refractivity contribution in [2.75, 3.05) is 0 Å². The molecule has 1 aromatic carbocycles. The molecule has 0 radical (unpaired) electrons. The molecule has 0 bridgehead atoms. The van der Waals surface area contributed by atoms with Crippen LogP contribution in [0.1, 0.15) is 41.4 Å². The maximum atomic E-state index is 13.7. The quantitative estimate of drug-likeness (QED) is 0.322. The van der Waals surface area contributed by atoms with Gasteiger partial charge in [-0.2, -0.15) is 5.21 Å². The van der Waals surface area contributed by atoms with Gasteiger partial charge in [0.05, 0.1) is 12.1 Å². The second kappa shape index (κ2) is 9.95. The smallest absolute Gasteiger partial charge is 0.334 e. The van der Waals surface area contributed by atoms with E-state index in [0.717, 1.165) is 53.5 Å². The molecular weight excluding hydrogens is 456 g/mol. The number of pyridine rings is 1. The van der Waals surface area contributed by atoms with E-state index in [1.807, 2.05) is 43.6 Å². The lowest BCUT2D eigenvalue weighted by Gasteiger charge is -2.12. The van der Waals surface area contributed by atoms with E-state index in [-0.39, 0.29) is 5.69 Å². The molecule has 10 nitrogen and oxygen atoms in total. The predicted octanol–water partition coefficient (Wildman–Crippen LogP) is 3.42. The number of rotatable bonds is 9. The van der Waals surface area contributed by atoms with Gasteiger partial charge in [0.15, 0.2) is 6.29 Å². The van der Waals surface area contributed by atoms with E-state index in [1.54, 1.807) is 38.4 Å². The summed E-state index contributed by atoms with van der Waals surface area (Å²) in [5.41, 5.74) is 4.96. The van der Waals surface area contributed by atoms with Crippen LogP contribution < -0.4 is 5.69 Å². The van der Waals surface area contributed by atoms with Gasteiger partial charge in [0.25, 0.3) is 0 Å². The summed E-state index contributed by atoms with van der Waals surface area (Å²) in [6.07, 6.45) is 10.7. The van der Waals surface area contributed by atoms with Crippen molar-refractivity contribution in [3.63, 3.8) is 0 Å². The predicted molar refractivity (Wildman–Crippen MR) is 135 cm³/mol. The molecule has 0 amide bonds. The number of benzene rings is 1. The summed E-state index contributed by atoms with van der Waals surface area (Å²) >= 11 is 0. The summed E-state index contributed by atoms with van der Waals surface area (Å²) in [7, 11) is 1.83. The van der Waals surface area contributed by atoms with Gasteiger partial charge < -0.3 is 4.57 Å². The van der Waals surface area contributed by atoms with Crippen LogP contribution in [0, 0.1) is 0 Å². The van der Waals surface area contributed by atoms with Crippen molar-refractivity contribution in [3.8, 4) is 28.3 Å². The Morgan fingerprint density at radius 3 is 2.61 bits per heavy atom. The Bertz CT molecular complexity index is 1540. The van der Waals surface area contributed by atoms with Crippen LogP contribution in [0.2, 0.25) is 0 Å². The summed E-state index contributed by atoms with van der Waals surface area (Å²) in [6, 6.07) is 11.5. The van der Waals surface area contributed by atoms with Gasteiger partial charge in [-0.25, -0.2) is 4.79 Å². The fourth-order valence-corrected chi connectivity index (χ4v) is 4.44. The summed E-state index contributed by atoms with van der Waals surface area (Å²) in [4.78, 5) is 29.6. The van der Waals surface area contributed by atoms with Gasteiger partial charge in [-0.3, -0.25) is 18.9 Å². The van der Waals surface area contributed by atoms with Crippen molar-refractivity contribution >= 4 is 6.29 Å². The number of carbonyl (C=O) groups excluding carboxylic acids is 1. The summed E-state index contributed by atoms with van der Waals surface area (Å²) in [5, 5.41) is 14.1. The first-order valence-corrected chi connectivity index (χ1v) is 11.8. The first kappa shape index (κ1) is 23.2. The number of aromatic nitrogens is 8. The zero-order valence-electron chi connectivity index (χ0n) is 20.1. The number of imidazole rings is 1. The summed E-state index contributed by atoms with van der Waals surface area (Å²) < 4.78 is 5.15. The number of tetrazole rings is 1. The third kappa shape index (κ3) is 4.28. The zero-order chi connectivity index (χ0) is 25.1. The molecule has 0 aliphatic rings.